The molecule has 0 amide bonds. The highest BCUT2D eigenvalue weighted by Gasteiger charge is 2.32. The third-order valence-electron chi connectivity index (χ3n) is 5.40. The van der Waals surface area contributed by atoms with Crippen LogP contribution in [-0.2, 0) is 4.79 Å². The molecular weight excluding hydrogens is 413 g/mol. The van der Waals surface area contributed by atoms with E-state index in [-0.39, 0.29) is 0 Å². The molecule has 1 aliphatic heterocycles. The summed E-state index contributed by atoms with van der Waals surface area (Å²) in [5, 5.41) is 11.9. The van der Waals surface area contributed by atoms with E-state index in [1.165, 1.54) is 0 Å². The third kappa shape index (κ3) is 3.88. The molecule has 6 nitrogen and oxygen atoms in total. The predicted molar refractivity (Wildman–Crippen MR) is 115 cm³/mol. The average Bonchev–Trinajstić information content (AvgIpc) is 3.13. The summed E-state index contributed by atoms with van der Waals surface area (Å²) in [4.78, 5) is 19.6. The molecule has 29 heavy (non-hydrogen) atoms. The first-order chi connectivity index (χ1) is 14.0. The highest BCUT2D eigenvalue weighted by atomic mass is 35.5. The molecule has 0 saturated carbocycles. The lowest BCUT2D eigenvalue weighted by Crippen LogP contribution is -2.49. The molecule has 1 aliphatic rings. The second-order valence-corrected chi connectivity index (χ2v) is 7.83. The Morgan fingerprint density at radius 1 is 1.10 bits per heavy atom. The monoisotopic (exact) mass is 433 g/mol. The van der Waals surface area contributed by atoms with Crippen LogP contribution in [0.5, 0.6) is 5.75 Å². The Hall–Kier alpha value is -2.41. The Labute approximate surface area is 178 Å². The topological polar surface area (TPSA) is 68.8 Å². The number of carboxylic acids is 1. The lowest BCUT2D eigenvalue weighted by Gasteiger charge is -2.38. The number of piperazine rings is 1. The SMILES string of the molecule is COc1ccc2[nH]cc([C@@H](C(=O)O)N3CCN(c4ccc(Cl)c(Cl)c4)CC3)c2c1. The van der Waals surface area contributed by atoms with Crippen molar-refractivity contribution < 1.29 is 14.6 Å². The number of anilines is 1. The molecule has 0 radical (unpaired) electrons. The van der Waals surface area contributed by atoms with Crippen molar-refractivity contribution >= 4 is 45.8 Å². The van der Waals surface area contributed by atoms with E-state index < -0.39 is 12.0 Å². The molecule has 3 aromatic rings. The zero-order valence-corrected chi connectivity index (χ0v) is 17.4. The van der Waals surface area contributed by atoms with E-state index in [0.29, 0.717) is 42.0 Å². The summed E-state index contributed by atoms with van der Waals surface area (Å²) in [6, 6.07) is 10.5. The first kappa shape index (κ1) is 19.9. The molecule has 1 aromatic heterocycles. The average molecular weight is 434 g/mol. The van der Waals surface area contributed by atoms with Gasteiger partial charge in [0.1, 0.15) is 11.8 Å². The van der Waals surface area contributed by atoms with Gasteiger partial charge in [-0.05, 0) is 36.4 Å². The number of aromatic amines is 1. The number of H-pyrrole nitrogens is 1. The van der Waals surface area contributed by atoms with Gasteiger partial charge in [-0.3, -0.25) is 9.69 Å². The van der Waals surface area contributed by atoms with Gasteiger partial charge < -0.3 is 19.7 Å². The Kier molecular flexibility index (Phi) is 5.58. The minimum absolute atomic E-state index is 0.516. The van der Waals surface area contributed by atoms with Crippen molar-refractivity contribution in [1.82, 2.24) is 9.88 Å². The van der Waals surface area contributed by atoms with Crippen LogP contribution in [-0.4, -0.2) is 54.2 Å². The van der Waals surface area contributed by atoms with E-state index in [0.717, 1.165) is 22.2 Å². The Morgan fingerprint density at radius 3 is 2.52 bits per heavy atom. The van der Waals surface area contributed by atoms with Crippen LogP contribution in [0.25, 0.3) is 10.9 Å². The third-order valence-corrected chi connectivity index (χ3v) is 6.14. The number of rotatable bonds is 5. The van der Waals surface area contributed by atoms with Crippen LogP contribution >= 0.6 is 23.2 Å². The molecule has 1 fully saturated rings. The van der Waals surface area contributed by atoms with Crippen LogP contribution in [0, 0.1) is 0 Å². The number of carboxylic acid groups (broad SMARTS) is 1. The molecular formula is C21H21Cl2N3O3. The van der Waals surface area contributed by atoms with Crippen LogP contribution in [0.15, 0.2) is 42.6 Å². The zero-order chi connectivity index (χ0) is 20.5. The molecule has 8 heteroatoms. The number of fused-ring (bicyclic) bond motifs is 1. The number of nitrogens with one attached hydrogen (secondary N) is 1. The fourth-order valence-corrected chi connectivity index (χ4v) is 4.17. The van der Waals surface area contributed by atoms with Gasteiger partial charge >= 0.3 is 5.97 Å². The molecule has 0 bridgehead atoms. The second-order valence-electron chi connectivity index (χ2n) is 7.02. The Bertz CT molecular complexity index is 1040. The van der Waals surface area contributed by atoms with Crippen LogP contribution in [0.1, 0.15) is 11.6 Å². The van der Waals surface area contributed by atoms with Crippen molar-refractivity contribution in [3.05, 3.63) is 58.2 Å². The smallest absolute Gasteiger partial charge is 0.325 e. The van der Waals surface area contributed by atoms with Crippen LogP contribution in [0.3, 0.4) is 0 Å². The molecule has 0 unspecified atom stereocenters. The fourth-order valence-electron chi connectivity index (χ4n) is 3.88. The van der Waals surface area contributed by atoms with E-state index in [9.17, 15) is 9.90 Å². The van der Waals surface area contributed by atoms with Crippen molar-refractivity contribution in [2.24, 2.45) is 0 Å². The van der Waals surface area contributed by atoms with Crippen molar-refractivity contribution in [3.63, 3.8) is 0 Å². The predicted octanol–water partition coefficient (Wildman–Crippen LogP) is 4.43. The number of hydrogen-bond donors (Lipinski definition) is 2. The number of nitrogens with zero attached hydrogens (tertiary/aromatic N) is 2. The van der Waals surface area contributed by atoms with Gasteiger partial charge in [0.2, 0.25) is 0 Å². The van der Waals surface area contributed by atoms with Gasteiger partial charge in [0.25, 0.3) is 0 Å². The number of aromatic nitrogens is 1. The van der Waals surface area contributed by atoms with Crippen molar-refractivity contribution in [2.45, 2.75) is 6.04 Å². The lowest BCUT2D eigenvalue weighted by molar-refractivity contribution is -0.143. The number of carbonyl (C=O) groups is 1. The number of halogens is 2. The first-order valence-electron chi connectivity index (χ1n) is 9.30. The quantitative estimate of drug-likeness (QED) is 0.622. The molecule has 0 spiro atoms. The summed E-state index contributed by atoms with van der Waals surface area (Å²) in [6.45, 7) is 2.64. The van der Waals surface area contributed by atoms with Gasteiger partial charge in [-0.2, -0.15) is 0 Å². The van der Waals surface area contributed by atoms with Crippen LogP contribution in [0.2, 0.25) is 10.0 Å². The zero-order valence-electron chi connectivity index (χ0n) is 15.9. The van der Waals surface area contributed by atoms with E-state index in [1.54, 1.807) is 19.4 Å². The van der Waals surface area contributed by atoms with E-state index >= 15 is 0 Å². The number of hydrogen-bond acceptors (Lipinski definition) is 4. The molecule has 152 valence electrons. The summed E-state index contributed by atoms with van der Waals surface area (Å²) in [5.41, 5.74) is 2.62. The summed E-state index contributed by atoms with van der Waals surface area (Å²) >= 11 is 12.2. The summed E-state index contributed by atoms with van der Waals surface area (Å²) in [6.07, 6.45) is 1.79. The van der Waals surface area contributed by atoms with Gasteiger partial charge in [-0.25, -0.2) is 0 Å². The normalized spacial score (nSPS) is 16.2. The minimum Gasteiger partial charge on any atom is -0.497 e. The first-order valence-corrected chi connectivity index (χ1v) is 10.1. The molecule has 0 aliphatic carbocycles. The molecule has 2 heterocycles. The summed E-state index contributed by atoms with van der Waals surface area (Å²) in [5.74, 6) is -0.163. The number of methoxy groups -OCH3 is 1. The largest absolute Gasteiger partial charge is 0.497 e. The molecule has 2 aromatic carbocycles. The van der Waals surface area contributed by atoms with Gasteiger partial charge in [0.05, 0.1) is 17.2 Å². The number of aliphatic carboxylic acids is 1. The summed E-state index contributed by atoms with van der Waals surface area (Å²) < 4.78 is 5.31. The van der Waals surface area contributed by atoms with Crippen molar-refractivity contribution in [2.75, 3.05) is 38.2 Å². The maximum atomic E-state index is 12.2. The van der Waals surface area contributed by atoms with Crippen molar-refractivity contribution in [1.29, 1.82) is 0 Å². The van der Waals surface area contributed by atoms with Crippen LogP contribution < -0.4 is 9.64 Å². The fraction of sp³-hybridized carbons (Fsp3) is 0.286. The van der Waals surface area contributed by atoms with Crippen LogP contribution in [0.4, 0.5) is 5.69 Å². The van der Waals surface area contributed by atoms with E-state index in [4.69, 9.17) is 27.9 Å². The molecule has 4 rings (SSSR count). The standard InChI is InChI=1S/C21H21Cl2N3O3/c1-29-14-3-5-19-15(11-14)16(12-24-19)20(21(27)28)26-8-6-25(7-9-26)13-2-4-17(22)18(23)10-13/h2-5,10-12,20,24H,6-9H2,1H3,(H,27,28)/t20-/m0/s1. The summed E-state index contributed by atoms with van der Waals surface area (Å²) in [7, 11) is 1.60. The van der Waals surface area contributed by atoms with Gasteiger partial charge in [-0.15, -0.1) is 0 Å². The van der Waals surface area contributed by atoms with Gasteiger partial charge in [0, 0.05) is 54.5 Å². The highest BCUT2D eigenvalue weighted by molar-refractivity contribution is 6.42. The maximum absolute atomic E-state index is 12.2. The van der Waals surface area contributed by atoms with Gasteiger partial charge in [0.15, 0.2) is 0 Å². The Morgan fingerprint density at radius 2 is 1.86 bits per heavy atom. The number of benzene rings is 2. The molecule has 1 atom stereocenters. The lowest BCUT2D eigenvalue weighted by atomic mass is 10.0. The maximum Gasteiger partial charge on any atom is 0.325 e. The Balaban J connectivity index is 1.56. The van der Waals surface area contributed by atoms with Gasteiger partial charge in [-0.1, -0.05) is 23.2 Å². The van der Waals surface area contributed by atoms with E-state index in [2.05, 4.69) is 9.88 Å². The highest BCUT2D eigenvalue weighted by Crippen LogP contribution is 2.33. The molecule has 2 N–H and O–H groups in total. The number of ether oxygens (including phenoxy) is 1. The molecule has 1 saturated heterocycles. The van der Waals surface area contributed by atoms with Crippen molar-refractivity contribution in [3.8, 4) is 5.75 Å². The second kappa shape index (κ2) is 8.14. The van der Waals surface area contributed by atoms with E-state index in [1.807, 2.05) is 35.2 Å². The minimum atomic E-state index is -0.864.